The summed E-state index contributed by atoms with van der Waals surface area (Å²) in [7, 11) is 0. The molecular weight excluding hydrogens is 196 g/mol. The third-order valence-corrected chi connectivity index (χ3v) is 2.76. The summed E-state index contributed by atoms with van der Waals surface area (Å²) < 4.78 is 0. The summed E-state index contributed by atoms with van der Waals surface area (Å²) in [5.74, 6) is -0.0530. The first kappa shape index (κ1) is 11.5. The van der Waals surface area contributed by atoms with Gasteiger partial charge in [0, 0.05) is 12.0 Å². The summed E-state index contributed by atoms with van der Waals surface area (Å²) in [5, 5.41) is 19.3. The van der Waals surface area contributed by atoms with Gasteiger partial charge in [-0.1, -0.05) is 0 Å². The van der Waals surface area contributed by atoms with Crippen LogP contribution in [0.15, 0.2) is 0 Å². The normalized spacial score (nSPS) is 25.3. The first-order valence-corrected chi connectivity index (χ1v) is 5.02. The van der Waals surface area contributed by atoms with Crippen molar-refractivity contribution in [3.05, 3.63) is 0 Å². The maximum absolute atomic E-state index is 11.4. The number of ketones is 1. The van der Waals surface area contributed by atoms with Gasteiger partial charge in [-0.25, -0.2) is 4.79 Å². The van der Waals surface area contributed by atoms with Gasteiger partial charge in [0.2, 0.25) is 0 Å². The Balaban J connectivity index is 2.33. The van der Waals surface area contributed by atoms with E-state index in [1.54, 1.807) is 0 Å². The van der Waals surface area contributed by atoms with Crippen LogP contribution >= 0.6 is 0 Å². The lowest BCUT2D eigenvalue weighted by molar-refractivity contribution is -0.122. The van der Waals surface area contributed by atoms with Crippen molar-refractivity contribution in [1.29, 1.82) is 5.26 Å². The molecule has 15 heavy (non-hydrogen) atoms. The van der Waals surface area contributed by atoms with E-state index in [0.717, 1.165) is 0 Å². The predicted molar refractivity (Wildman–Crippen MR) is 52.1 cm³/mol. The minimum absolute atomic E-state index is 0.00808. The van der Waals surface area contributed by atoms with Crippen LogP contribution in [0.25, 0.3) is 0 Å². The van der Waals surface area contributed by atoms with E-state index >= 15 is 0 Å². The van der Waals surface area contributed by atoms with Crippen molar-refractivity contribution in [1.82, 2.24) is 5.32 Å². The Morgan fingerprint density at radius 3 is 2.40 bits per heavy atom. The lowest BCUT2D eigenvalue weighted by Gasteiger charge is -2.26. The monoisotopic (exact) mass is 210 g/mol. The van der Waals surface area contributed by atoms with Gasteiger partial charge < -0.3 is 10.4 Å². The van der Waals surface area contributed by atoms with Gasteiger partial charge in [0.1, 0.15) is 5.78 Å². The van der Waals surface area contributed by atoms with Crippen molar-refractivity contribution in [2.45, 2.75) is 38.1 Å². The van der Waals surface area contributed by atoms with Crippen LogP contribution in [0.3, 0.4) is 0 Å². The lowest BCUT2D eigenvalue weighted by Crippen LogP contribution is -2.37. The summed E-state index contributed by atoms with van der Waals surface area (Å²) in [6.45, 7) is 0. The number of hydrogen-bond acceptors (Lipinski definition) is 3. The zero-order valence-corrected chi connectivity index (χ0v) is 8.40. The largest absolute Gasteiger partial charge is 0.465 e. The standard InChI is InChI=1S/C10H14N2O3/c11-6-5-9(13)7-1-3-8(4-2-7)12-10(14)15/h7-8,12H,1-5H2,(H,14,15). The van der Waals surface area contributed by atoms with Gasteiger partial charge >= 0.3 is 6.09 Å². The van der Waals surface area contributed by atoms with E-state index in [-0.39, 0.29) is 24.2 Å². The Labute approximate surface area is 88.1 Å². The van der Waals surface area contributed by atoms with Gasteiger partial charge in [0.15, 0.2) is 0 Å². The number of rotatable bonds is 3. The molecule has 0 spiro atoms. The number of Topliss-reactive ketones (excluding diaryl/α,β-unsaturated/α-hetero) is 1. The van der Waals surface area contributed by atoms with Crippen molar-refractivity contribution < 1.29 is 14.7 Å². The number of hydrogen-bond donors (Lipinski definition) is 2. The molecule has 0 saturated heterocycles. The number of nitrogens with zero attached hydrogens (tertiary/aromatic N) is 1. The molecule has 0 heterocycles. The second kappa shape index (κ2) is 5.35. The van der Waals surface area contributed by atoms with E-state index < -0.39 is 6.09 Å². The molecule has 0 aromatic rings. The van der Waals surface area contributed by atoms with E-state index in [1.165, 1.54) is 0 Å². The Kier molecular flexibility index (Phi) is 4.10. The van der Waals surface area contributed by atoms with E-state index in [4.69, 9.17) is 10.4 Å². The quantitative estimate of drug-likeness (QED) is 0.734. The average Bonchev–Trinajstić information content (AvgIpc) is 2.18. The Morgan fingerprint density at radius 2 is 1.93 bits per heavy atom. The number of carboxylic acid groups (broad SMARTS) is 1. The maximum Gasteiger partial charge on any atom is 0.404 e. The summed E-state index contributed by atoms with van der Waals surface area (Å²) in [4.78, 5) is 21.7. The molecule has 0 bridgehead atoms. The van der Waals surface area contributed by atoms with E-state index in [2.05, 4.69) is 5.32 Å². The number of nitriles is 1. The molecule has 0 aliphatic heterocycles. The molecule has 1 aliphatic rings. The highest BCUT2D eigenvalue weighted by atomic mass is 16.4. The number of nitrogens with one attached hydrogen (secondary N) is 1. The van der Waals surface area contributed by atoms with Crippen LogP contribution < -0.4 is 5.32 Å². The van der Waals surface area contributed by atoms with Gasteiger partial charge in [0.05, 0.1) is 12.5 Å². The number of carbonyl (C=O) groups is 2. The SMILES string of the molecule is N#CCC(=O)C1CCC(NC(=O)O)CC1. The minimum atomic E-state index is -1.01. The third-order valence-electron chi connectivity index (χ3n) is 2.76. The fourth-order valence-electron chi connectivity index (χ4n) is 1.96. The minimum Gasteiger partial charge on any atom is -0.465 e. The maximum atomic E-state index is 11.4. The Bertz CT molecular complexity index is 288. The van der Waals surface area contributed by atoms with Gasteiger partial charge in [-0.05, 0) is 25.7 Å². The van der Waals surface area contributed by atoms with Crippen LogP contribution in [-0.2, 0) is 4.79 Å². The smallest absolute Gasteiger partial charge is 0.404 e. The fourth-order valence-corrected chi connectivity index (χ4v) is 1.96. The second-order valence-corrected chi connectivity index (χ2v) is 3.80. The van der Waals surface area contributed by atoms with Crippen molar-refractivity contribution >= 4 is 11.9 Å². The van der Waals surface area contributed by atoms with E-state index in [9.17, 15) is 9.59 Å². The molecular formula is C10H14N2O3. The van der Waals surface area contributed by atoms with Gasteiger partial charge in [0.25, 0.3) is 0 Å². The van der Waals surface area contributed by atoms with Crippen molar-refractivity contribution in [3.8, 4) is 6.07 Å². The highest BCUT2D eigenvalue weighted by Gasteiger charge is 2.26. The zero-order chi connectivity index (χ0) is 11.3. The molecule has 0 aromatic carbocycles. The molecule has 1 rings (SSSR count). The highest BCUT2D eigenvalue weighted by Crippen LogP contribution is 2.25. The van der Waals surface area contributed by atoms with Crippen LogP contribution in [0.5, 0.6) is 0 Å². The topological polar surface area (TPSA) is 90.2 Å². The molecule has 5 nitrogen and oxygen atoms in total. The van der Waals surface area contributed by atoms with Gasteiger partial charge in [-0.15, -0.1) is 0 Å². The molecule has 1 fully saturated rings. The van der Waals surface area contributed by atoms with E-state index in [1.807, 2.05) is 6.07 Å². The first-order chi connectivity index (χ1) is 7.13. The third kappa shape index (κ3) is 3.58. The first-order valence-electron chi connectivity index (χ1n) is 5.02. The number of amides is 1. The summed E-state index contributed by atoms with van der Waals surface area (Å²) in [5.41, 5.74) is 0. The molecule has 0 aromatic heterocycles. The molecule has 0 atom stereocenters. The van der Waals surface area contributed by atoms with Crippen LogP contribution in [0.1, 0.15) is 32.1 Å². The van der Waals surface area contributed by atoms with Crippen LogP contribution in [0, 0.1) is 17.2 Å². The molecule has 2 N–H and O–H groups in total. The highest BCUT2D eigenvalue weighted by molar-refractivity contribution is 5.82. The molecule has 5 heteroatoms. The summed E-state index contributed by atoms with van der Waals surface area (Å²) in [6, 6.07) is 1.82. The van der Waals surface area contributed by atoms with Crippen LogP contribution in [0.4, 0.5) is 4.79 Å². The van der Waals surface area contributed by atoms with Gasteiger partial charge in [-0.3, -0.25) is 4.79 Å². The molecule has 0 unspecified atom stereocenters. The zero-order valence-electron chi connectivity index (χ0n) is 8.40. The molecule has 1 aliphatic carbocycles. The Hall–Kier alpha value is -1.57. The fraction of sp³-hybridized carbons (Fsp3) is 0.700. The lowest BCUT2D eigenvalue weighted by atomic mass is 9.83. The molecule has 1 amide bonds. The van der Waals surface area contributed by atoms with E-state index in [0.29, 0.717) is 25.7 Å². The molecule has 1 saturated carbocycles. The number of carbonyl (C=O) groups excluding carboxylic acids is 1. The predicted octanol–water partition coefficient (Wildman–Crippen LogP) is 1.30. The van der Waals surface area contributed by atoms with Crippen molar-refractivity contribution in [2.75, 3.05) is 0 Å². The average molecular weight is 210 g/mol. The summed E-state index contributed by atoms with van der Waals surface area (Å²) in [6.07, 6.45) is 1.71. The molecule has 82 valence electrons. The van der Waals surface area contributed by atoms with Crippen LogP contribution in [0.2, 0.25) is 0 Å². The second-order valence-electron chi connectivity index (χ2n) is 3.80. The van der Waals surface area contributed by atoms with Gasteiger partial charge in [-0.2, -0.15) is 5.26 Å². The van der Waals surface area contributed by atoms with Crippen molar-refractivity contribution in [2.24, 2.45) is 5.92 Å². The van der Waals surface area contributed by atoms with Crippen LogP contribution in [-0.4, -0.2) is 23.0 Å². The van der Waals surface area contributed by atoms with Crippen molar-refractivity contribution in [3.63, 3.8) is 0 Å². The Morgan fingerprint density at radius 1 is 1.33 bits per heavy atom. The summed E-state index contributed by atoms with van der Waals surface area (Å²) >= 11 is 0. The molecule has 0 radical (unpaired) electrons.